The fourth-order valence-corrected chi connectivity index (χ4v) is 6.01. The van der Waals surface area contributed by atoms with Crippen LogP contribution in [0.3, 0.4) is 0 Å². The number of H-pyrrole nitrogens is 1. The van der Waals surface area contributed by atoms with E-state index in [0.29, 0.717) is 30.7 Å². The third kappa shape index (κ3) is 4.85. The number of hydrogen-bond acceptors (Lipinski definition) is 9. The molecule has 0 unspecified atom stereocenters. The van der Waals surface area contributed by atoms with Crippen LogP contribution in [0.2, 0.25) is 0 Å². The van der Waals surface area contributed by atoms with Crippen molar-refractivity contribution < 1.29 is 9.15 Å². The first-order chi connectivity index (χ1) is 18.0. The summed E-state index contributed by atoms with van der Waals surface area (Å²) in [6, 6.07) is 0.466. The average molecular weight is 511 g/mol. The maximum Gasteiger partial charge on any atom is 0.434 e. The average Bonchev–Trinajstić information content (AvgIpc) is 3.43. The Bertz CT molecular complexity index is 1290. The predicted molar refractivity (Wildman–Crippen MR) is 141 cm³/mol. The summed E-state index contributed by atoms with van der Waals surface area (Å²) in [7, 11) is 0. The fraction of sp³-hybridized carbons (Fsp3) is 0.731. The molecule has 11 heteroatoms. The zero-order chi connectivity index (χ0) is 25.5. The van der Waals surface area contributed by atoms with Crippen molar-refractivity contribution in [2.45, 2.75) is 84.3 Å². The van der Waals surface area contributed by atoms with Crippen LogP contribution in [0.1, 0.15) is 65.7 Å². The van der Waals surface area contributed by atoms with E-state index in [1.807, 2.05) is 0 Å². The van der Waals surface area contributed by atoms with E-state index >= 15 is 0 Å². The summed E-state index contributed by atoms with van der Waals surface area (Å²) in [5, 5.41) is 10.0. The molecule has 2 saturated carbocycles. The van der Waals surface area contributed by atoms with Gasteiger partial charge in [-0.15, -0.1) is 5.10 Å². The highest BCUT2D eigenvalue weighted by atomic mass is 16.5. The van der Waals surface area contributed by atoms with E-state index in [1.54, 1.807) is 0 Å². The Kier molecular flexibility index (Phi) is 6.64. The van der Waals surface area contributed by atoms with Gasteiger partial charge < -0.3 is 23.9 Å². The van der Waals surface area contributed by atoms with Gasteiger partial charge in [0, 0.05) is 19.1 Å². The van der Waals surface area contributed by atoms with Gasteiger partial charge in [-0.2, -0.15) is 4.98 Å². The number of nitrogens with zero attached hydrogens (tertiary/aromatic N) is 6. The molecule has 11 nitrogen and oxygen atoms in total. The van der Waals surface area contributed by atoms with Crippen LogP contribution in [0.25, 0.3) is 22.9 Å². The second-order valence-corrected chi connectivity index (χ2v) is 11.4. The van der Waals surface area contributed by atoms with E-state index in [-0.39, 0.29) is 23.8 Å². The lowest BCUT2D eigenvalue weighted by molar-refractivity contribution is 0.0976. The SMILES string of the molecule is C[C@@H]1COCCN1c1nc2nc(-c3n[nH]c(=O)o3)nc(N[C@H](C)C3CCC3)c2n1C[C@H]1CC[C@H](C)CC1. The van der Waals surface area contributed by atoms with Crippen LogP contribution >= 0.6 is 0 Å². The summed E-state index contributed by atoms with van der Waals surface area (Å²) in [5.74, 6) is 3.35. The summed E-state index contributed by atoms with van der Waals surface area (Å²) < 4.78 is 13.3. The van der Waals surface area contributed by atoms with Gasteiger partial charge >= 0.3 is 5.76 Å². The summed E-state index contributed by atoms with van der Waals surface area (Å²) in [6.45, 7) is 9.77. The number of imidazole rings is 1. The molecule has 2 atom stereocenters. The molecular formula is C26H38N8O3. The second-order valence-electron chi connectivity index (χ2n) is 11.4. The maximum atomic E-state index is 11.7. The van der Waals surface area contributed by atoms with Gasteiger partial charge in [-0.1, -0.05) is 26.2 Å². The van der Waals surface area contributed by atoms with Gasteiger partial charge in [0.05, 0.1) is 19.3 Å². The van der Waals surface area contributed by atoms with Crippen molar-refractivity contribution >= 4 is 22.9 Å². The molecule has 4 heterocycles. The molecule has 3 aromatic rings. The van der Waals surface area contributed by atoms with Crippen LogP contribution in [-0.4, -0.2) is 61.6 Å². The van der Waals surface area contributed by atoms with E-state index in [2.05, 4.69) is 45.8 Å². The molecule has 0 aromatic carbocycles. The lowest BCUT2D eigenvalue weighted by Crippen LogP contribution is -2.45. The van der Waals surface area contributed by atoms with E-state index in [0.717, 1.165) is 36.3 Å². The molecule has 1 aliphatic heterocycles. The lowest BCUT2D eigenvalue weighted by Gasteiger charge is -2.35. The highest BCUT2D eigenvalue weighted by Crippen LogP contribution is 2.37. The molecule has 2 aliphatic carbocycles. The van der Waals surface area contributed by atoms with Crippen molar-refractivity contribution in [3.05, 3.63) is 10.6 Å². The molecule has 0 radical (unpaired) electrons. The largest absolute Gasteiger partial charge is 0.434 e. The fourth-order valence-electron chi connectivity index (χ4n) is 6.01. The van der Waals surface area contributed by atoms with Crippen LogP contribution < -0.4 is 16.0 Å². The van der Waals surface area contributed by atoms with Gasteiger partial charge in [0.15, 0.2) is 11.5 Å². The van der Waals surface area contributed by atoms with E-state index in [9.17, 15) is 4.79 Å². The Morgan fingerprint density at radius 1 is 1.11 bits per heavy atom. The molecule has 2 N–H and O–H groups in total. The number of rotatable bonds is 7. The van der Waals surface area contributed by atoms with Crippen LogP contribution in [0.4, 0.5) is 11.8 Å². The summed E-state index contributed by atoms with van der Waals surface area (Å²) in [4.78, 5) is 28.7. The topological polar surface area (TPSA) is 127 Å². The van der Waals surface area contributed by atoms with E-state index in [4.69, 9.17) is 24.1 Å². The van der Waals surface area contributed by atoms with Crippen molar-refractivity contribution in [2.24, 2.45) is 17.8 Å². The van der Waals surface area contributed by atoms with Gasteiger partial charge in [-0.3, -0.25) is 0 Å². The number of fused-ring (bicyclic) bond motifs is 1. The summed E-state index contributed by atoms with van der Waals surface area (Å²) >= 11 is 0. The Morgan fingerprint density at radius 2 is 1.92 bits per heavy atom. The van der Waals surface area contributed by atoms with Crippen molar-refractivity contribution in [2.75, 3.05) is 30.0 Å². The monoisotopic (exact) mass is 510 g/mol. The van der Waals surface area contributed by atoms with Gasteiger partial charge in [-0.25, -0.2) is 19.9 Å². The molecular weight excluding hydrogens is 472 g/mol. The minimum atomic E-state index is -0.629. The number of anilines is 2. The van der Waals surface area contributed by atoms with Gasteiger partial charge in [-0.05, 0) is 57.3 Å². The zero-order valence-corrected chi connectivity index (χ0v) is 22.1. The third-order valence-electron chi connectivity index (χ3n) is 8.63. The Hall–Kier alpha value is -2.95. The quantitative estimate of drug-likeness (QED) is 0.487. The number of aromatic nitrogens is 6. The third-order valence-corrected chi connectivity index (χ3v) is 8.63. The highest BCUT2D eigenvalue weighted by Gasteiger charge is 2.31. The van der Waals surface area contributed by atoms with Crippen LogP contribution in [0, 0.1) is 17.8 Å². The number of ether oxygens (including phenoxy) is 1. The number of nitrogens with one attached hydrogen (secondary N) is 2. The second kappa shape index (κ2) is 10.1. The molecule has 37 heavy (non-hydrogen) atoms. The Labute approximate surface area is 216 Å². The molecule has 3 fully saturated rings. The normalized spacial score (nSPS) is 25.8. The van der Waals surface area contributed by atoms with Crippen molar-refractivity contribution in [3.63, 3.8) is 0 Å². The first kappa shape index (κ1) is 24.4. The Balaban J connectivity index is 1.48. The molecule has 3 aliphatic rings. The van der Waals surface area contributed by atoms with Crippen molar-refractivity contribution in [3.8, 4) is 11.7 Å². The maximum absolute atomic E-state index is 11.7. The standard InChI is InChI=1S/C26H38N8O3/c1-15-7-9-18(10-8-15)13-34-20-21(27-17(3)19-5-4-6-19)28-23(24-31-32-26(35)37-24)29-22(20)30-25(34)33-11-12-36-14-16(33)2/h15-19H,4-14H2,1-3H3,(H,32,35)(H,27,28,29)/t15-,16-,17-,18-/m1/s1. The molecule has 0 spiro atoms. The summed E-state index contributed by atoms with van der Waals surface area (Å²) in [5.41, 5.74) is 1.51. The smallest absolute Gasteiger partial charge is 0.384 e. The zero-order valence-electron chi connectivity index (χ0n) is 22.1. The van der Waals surface area contributed by atoms with Crippen molar-refractivity contribution in [1.29, 1.82) is 0 Å². The van der Waals surface area contributed by atoms with Crippen molar-refractivity contribution in [1.82, 2.24) is 29.7 Å². The first-order valence-electron chi connectivity index (χ1n) is 13.9. The molecule has 6 rings (SSSR count). The molecule has 0 bridgehead atoms. The predicted octanol–water partition coefficient (Wildman–Crippen LogP) is 3.82. The van der Waals surface area contributed by atoms with Crippen LogP contribution in [0.5, 0.6) is 0 Å². The van der Waals surface area contributed by atoms with Gasteiger partial charge in [0.25, 0.3) is 5.89 Å². The molecule has 0 amide bonds. The molecule has 200 valence electrons. The number of morpholine rings is 1. The highest BCUT2D eigenvalue weighted by molar-refractivity contribution is 5.87. The minimum Gasteiger partial charge on any atom is -0.384 e. The lowest BCUT2D eigenvalue weighted by atomic mass is 9.80. The van der Waals surface area contributed by atoms with Crippen LogP contribution in [-0.2, 0) is 11.3 Å². The van der Waals surface area contributed by atoms with Gasteiger partial charge in [0.2, 0.25) is 11.8 Å². The number of aromatic amines is 1. The number of hydrogen-bond donors (Lipinski definition) is 2. The van der Waals surface area contributed by atoms with Gasteiger partial charge in [0.1, 0.15) is 5.52 Å². The molecule has 1 saturated heterocycles. The van der Waals surface area contributed by atoms with E-state index in [1.165, 1.54) is 44.9 Å². The first-order valence-corrected chi connectivity index (χ1v) is 13.9. The van der Waals surface area contributed by atoms with Crippen LogP contribution in [0.15, 0.2) is 9.21 Å². The van der Waals surface area contributed by atoms with E-state index < -0.39 is 5.76 Å². The minimum absolute atomic E-state index is 0.0726. The summed E-state index contributed by atoms with van der Waals surface area (Å²) in [6.07, 6.45) is 8.69. The molecule has 3 aromatic heterocycles. The Morgan fingerprint density at radius 3 is 2.59 bits per heavy atom.